The second-order valence-electron chi connectivity index (χ2n) is 3.30. The fourth-order valence-corrected chi connectivity index (χ4v) is 1.32. The zero-order valence-corrected chi connectivity index (χ0v) is 7.86. The second kappa shape index (κ2) is 3.05. The number of rotatable bonds is 1. The molecule has 2 rings (SSSR count). The molecule has 66 valence electrons. The molecule has 0 fully saturated rings. The molecule has 0 aliphatic heterocycles. The molecule has 0 unspecified atom stereocenters. The van der Waals surface area contributed by atoms with Crippen molar-refractivity contribution < 1.29 is 0 Å². The molecule has 0 saturated carbocycles. The first-order valence-electron chi connectivity index (χ1n) is 4.34. The molecule has 0 spiro atoms. The van der Waals surface area contributed by atoms with E-state index in [0.29, 0.717) is 0 Å². The fraction of sp³-hybridized carbons (Fsp3) is 0.182. The highest BCUT2D eigenvalue weighted by Crippen LogP contribution is 2.09. The van der Waals surface area contributed by atoms with Crippen molar-refractivity contribution in [1.29, 1.82) is 0 Å². The van der Waals surface area contributed by atoms with Crippen LogP contribution in [0, 0.1) is 13.8 Å². The highest BCUT2D eigenvalue weighted by molar-refractivity contribution is 5.34. The van der Waals surface area contributed by atoms with Gasteiger partial charge in [-0.1, -0.05) is 12.1 Å². The predicted molar refractivity (Wildman–Crippen MR) is 53.0 cm³/mol. The highest BCUT2D eigenvalue weighted by atomic mass is 15.3. The molecular formula is C11H12N2. The number of benzene rings is 1. The van der Waals surface area contributed by atoms with Crippen molar-refractivity contribution in [2.24, 2.45) is 0 Å². The van der Waals surface area contributed by atoms with Gasteiger partial charge >= 0.3 is 0 Å². The number of hydrogen-bond donors (Lipinski definition) is 0. The van der Waals surface area contributed by atoms with Crippen molar-refractivity contribution in [3.8, 4) is 5.69 Å². The van der Waals surface area contributed by atoms with Gasteiger partial charge in [-0.2, -0.15) is 5.10 Å². The third-order valence-corrected chi connectivity index (χ3v) is 1.98. The highest BCUT2D eigenvalue weighted by Gasteiger charge is 1.96. The Labute approximate surface area is 77.8 Å². The second-order valence-corrected chi connectivity index (χ2v) is 3.30. The van der Waals surface area contributed by atoms with Crippen LogP contribution in [0.4, 0.5) is 0 Å². The van der Waals surface area contributed by atoms with Gasteiger partial charge in [-0.15, -0.1) is 0 Å². The van der Waals surface area contributed by atoms with Gasteiger partial charge in [0.05, 0.1) is 11.9 Å². The first-order chi connectivity index (χ1) is 6.25. The van der Waals surface area contributed by atoms with Crippen LogP contribution in [0.25, 0.3) is 5.69 Å². The number of nitrogens with zero attached hydrogens (tertiary/aromatic N) is 2. The molecule has 0 aliphatic rings. The summed E-state index contributed by atoms with van der Waals surface area (Å²) in [7, 11) is 0. The van der Waals surface area contributed by atoms with Gasteiger partial charge in [-0.05, 0) is 37.1 Å². The summed E-state index contributed by atoms with van der Waals surface area (Å²) in [6.45, 7) is 4.12. The molecule has 2 nitrogen and oxygen atoms in total. The van der Waals surface area contributed by atoms with Crippen LogP contribution in [0.1, 0.15) is 11.1 Å². The van der Waals surface area contributed by atoms with E-state index in [9.17, 15) is 0 Å². The number of aromatic nitrogens is 2. The fourth-order valence-electron chi connectivity index (χ4n) is 1.32. The summed E-state index contributed by atoms with van der Waals surface area (Å²) in [4.78, 5) is 0. The summed E-state index contributed by atoms with van der Waals surface area (Å²) in [5.74, 6) is 0. The molecule has 0 saturated heterocycles. The third kappa shape index (κ3) is 1.61. The molecule has 0 aliphatic carbocycles. The van der Waals surface area contributed by atoms with Crippen LogP contribution in [0.2, 0.25) is 0 Å². The van der Waals surface area contributed by atoms with Gasteiger partial charge < -0.3 is 0 Å². The summed E-state index contributed by atoms with van der Waals surface area (Å²) in [5.41, 5.74) is 3.56. The Hall–Kier alpha value is -1.57. The molecule has 0 bridgehead atoms. The van der Waals surface area contributed by atoms with Crippen molar-refractivity contribution in [1.82, 2.24) is 9.78 Å². The lowest BCUT2D eigenvalue weighted by molar-refractivity contribution is 0.879. The van der Waals surface area contributed by atoms with Crippen LogP contribution in [0.3, 0.4) is 0 Å². The normalized spacial score (nSPS) is 10.3. The van der Waals surface area contributed by atoms with Crippen LogP contribution in [-0.4, -0.2) is 9.78 Å². The van der Waals surface area contributed by atoms with Crippen molar-refractivity contribution in [3.05, 3.63) is 47.8 Å². The Morgan fingerprint density at radius 3 is 2.62 bits per heavy atom. The number of hydrogen-bond acceptors (Lipinski definition) is 1. The Balaban J connectivity index is 2.46. The first kappa shape index (κ1) is 8.05. The zero-order chi connectivity index (χ0) is 9.26. The van der Waals surface area contributed by atoms with E-state index in [4.69, 9.17) is 0 Å². The monoisotopic (exact) mass is 172 g/mol. The molecule has 0 radical (unpaired) electrons. The maximum absolute atomic E-state index is 4.24. The van der Waals surface area contributed by atoms with E-state index in [1.807, 2.05) is 30.1 Å². The molecule has 1 aromatic carbocycles. The molecule has 13 heavy (non-hydrogen) atoms. The largest absolute Gasteiger partial charge is 0.241 e. The minimum atomic E-state index is 1.12. The Kier molecular flexibility index (Phi) is 1.89. The summed E-state index contributed by atoms with van der Waals surface area (Å²) >= 11 is 0. The van der Waals surface area contributed by atoms with Crippen LogP contribution in [0.15, 0.2) is 36.7 Å². The van der Waals surface area contributed by atoms with E-state index in [2.05, 4.69) is 30.2 Å². The van der Waals surface area contributed by atoms with Gasteiger partial charge in [-0.3, -0.25) is 0 Å². The molecule has 1 heterocycles. The smallest absolute Gasteiger partial charge is 0.0648 e. The molecule has 0 atom stereocenters. The SMILES string of the molecule is Cc1cccc(-n2cc(C)cn2)c1. The van der Waals surface area contributed by atoms with Crippen molar-refractivity contribution in [2.75, 3.05) is 0 Å². The number of aryl methyl sites for hydroxylation is 2. The lowest BCUT2D eigenvalue weighted by Crippen LogP contribution is -1.93. The summed E-state index contributed by atoms with van der Waals surface area (Å²) < 4.78 is 1.89. The van der Waals surface area contributed by atoms with Crippen LogP contribution < -0.4 is 0 Å². The minimum absolute atomic E-state index is 1.12. The third-order valence-electron chi connectivity index (χ3n) is 1.98. The first-order valence-corrected chi connectivity index (χ1v) is 4.34. The quantitative estimate of drug-likeness (QED) is 0.646. The zero-order valence-electron chi connectivity index (χ0n) is 7.86. The van der Waals surface area contributed by atoms with E-state index < -0.39 is 0 Å². The standard InChI is InChI=1S/C11H12N2/c1-9-4-3-5-11(6-9)13-8-10(2)7-12-13/h3-8H,1-2H3. The molecule has 2 aromatic rings. The minimum Gasteiger partial charge on any atom is -0.241 e. The topological polar surface area (TPSA) is 17.8 Å². The van der Waals surface area contributed by atoms with Crippen molar-refractivity contribution >= 4 is 0 Å². The van der Waals surface area contributed by atoms with Crippen LogP contribution in [-0.2, 0) is 0 Å². The maximum atomic E-state index is 4.24. The Morgan fingerprint density at radius 1 is 1.15 bits per heavy atom. The van der Waals surface area contributed by atoms with Crippen LogP contribution >= 0.6 is 0 Å². The molecule has 1 aromatic heterocycles. The maximum Gasteiger partial charge on any atom is 0.0648 e. The van der Waals surface area contributed by atoms with E-state index in [0.717, 1.165) is 5.69 Å². The van der Waals surface area contributed by atoms with Crippen LogP contribution in [0.5, 0.6) is 0 Å². The average molecular weight is 172 g/mol. The van der Waals surface area contributed by atoms with Gasteiger partial charge in [-0.25, -0.2) is 4.68 Å². The lowest BCUT2D eigenvalue weighted by Gasteiger charge is -2.01. The molecule has 0 N–H and O–H groups in total. The van der Waals surface area contributed by atoms with Gasteiger partial charge in [0.2, 0.25) is 0 Å². The van der Waals surface area contributed by atoms with E-state index in [1.165, 1.54) is 11.1 Å². The summed E-state index contributed by atoms with van der Waals surface area (Å²) in [6.07, 6.45) is 3.89. The summed E-state index contributed by atoms with van der Waals surface area (Å²) in [6, 6.07) is 8.30. The molecule has 2 heteroatoms. The van der Waals surface area contributed by atoms with Gasteiger partial charge in [0.25, 0.3) is 0 Å². The van der Waals surface area contributed by atoms with Gasteiger partial charge in [0.15, 0.2) is 0 Å². The summed E-state index contributed by atoms with van der Waals surface area (Å²) in [5, 5.41) is 4.24. The predicted octanol–water partition coefficient (Wildman–Crippen LogP) is 2.49. The Morgan fingerprint density at radius 2 is 2.00 bits per heavy atom. The average Bonchev–Trinajstić information content (AvgIpc) is 2.52. The van der Waals surface area contributed by atoms with E-state index in [1.54, 1.807) is 0 Å². The Bertz CT molecular complexity index is 416. The van der Waals surface area contributed by atoms with E-state index in [-0.39, 0.29) is 0 Å². The molecular weight excluding hydrogens is 160 g/mol. The van der Waals surface area contributed by atoms with Crippen molar-refractivity contribution in [2.45, 2.75) is 13.8 Å². The van der Waals surface area contributed by atoms with Gasteiger partial charge in [0.1, 0.15) is 0 Å². The van der Waals surface area contributed by atoms with Gasteiger partial charge in [0, 0.05) is 6.20 Å². The van der Waals surface area contributed by atoms with E-state index >= 15 is 0 Å². The van der Waals surface area contributed by atoms with Crippen molar-refractivity contribution in [3.63, 3.8) is 0 Å². The molecule has 0 amide bonds. The lowest BCUT2D eigenvalue weighted by atomic mass is 10.2.